The van der Waals surface area contributed by atoms with Gasteiger partial charge in [0.1, 0.15) is 0 Å². The molecule has 1 atom stereocenters. The molecule has 33 heavy (non-hydrogen) atoms. The number of carbonyl (C=O) groups is 1. The van der Waals surface area contributed by atoms with E-state index in [1.165, 1.54) is 17.2 Å². The first-order valence-corrected chi connectivity index (χ1v) is 11.4. The Balaban J connectivity index is 1.30. The molecule has 0 bridgehead atoms. The minimum atomic E-state index is -4.60. The molecular weight excluding hydrogens is 429 g/mol. The van der Waals surface area contributed by atoms with E-state index >= 15 is 0 Å². The topological polar surface area (TPSA) is 58.1 Å². The maximum absolute atomic E-state index is 13.7. The van der Waals surface area contributed by atoms with E-state index in [1.807, 2.05) is 12.1 Å². The first kappa shape index (κ1) is 21.7. The zero-order valence-electron chi connectivity index (χ0n) is 18.1. The fraction of sp³-hybridized carbons (Fsp3) is 0.400. The van der Waals surface area contributed by atoms with Crippen LogP contribution in [0.2, 0.25) is 0 Å². The summed E-state index contributed by atoms with van der Waals surface area (Å²) in [6, 6.07) is 14.8. The van der Waals surface area contributed by atoms with E-state index in [0.717, 1.165) is 19.3 Å². The lowest BCUT2D eigenvalue weighted by molar-refractivity contribution is -0.140. The summed E-state index contributed by atoms with van der Waals surface area (Å²) in [6.07, 6.45) is -0.688. The third kappa shape index (κ3) is 4.38. The van der Waals surface area contributed by atoms with Gasteiger partial charge in [0.2, 0.25) is 5.91 Å². The Morgan fingerprint density at radius 2 is 1.61 bits per heavy atom. The zero-order valence-corrected chi connectivity index (χ0v) is 18.1. The molecule has 1 aliphatic heterocycles. The van der Waals surface area contributed by atoms with Crippen LogP contribution >= 0.6 is 0 Å². The quantitative estimate of drug-likeness (QED) is 0.601. The predicted molar refractivity (Wildman–Crippen MR) is 120 cm³/mol. The molecule has 2 heterocycles. The van der Waals surface area contributed by atoms with Gasteiger partial charge in [-0.3, -0.25) is 4.79 Å². The highest BCUT2D eigenvalue weighted by Crippen LogP contribution is 2.37. The average Bonchev–Trinajstić information content (AvgIpc) is 2.83. The number of benzene rings is 2. The number of fused-ring (bicyclic) bond motifs is 2. The van der Waals surface area contributed by atoms with Crippen molar-refractivity contribution in [2.45, 2.75) is 44.3 Å². The summed E-state index contributed by atoms with van der Waals surface area (Å²) < 4.78 is 41.2. The highest BCUT2D eigenvalue weighted by atomic mass is 19.4. The summed E-state index contributed by atoms with van der Waals surface area (Å²) in [5.41, 5.74) is 2.13. The van der Waals surface area contributed by atoms with Crippen LogP contribution in [-0.2, 0) is 17.4 Å². The molecule has 5 nitrogen and oxygen atoms in total. The monoisotopic (exact) mass is 454 g/mol. The van der Waals surface area contributed by atoms with Crippen LogP contribution in [0.3, 0.4) is 0 Å². The molecule has 1 aliphatic carbocycles. The molecule has 0 saturated carbocycles. The average molecular weight is 454 g/mol. The lowest BCUT2D eigenvalue weighted by atomic mass is 9.87. The summed E-state index contributed by atoms with van der Waals surface area (Å²) in [7, 11) is 0. The van der Waals surface area contributed by atoms with Gasteiger partial charge < -0.3 is 10.2 Å². The number of nitrogens with one attached hydrogen (secondary N) is 1. The Labute approximate surface area is 190 Å². The lowest BCUT2D eigenvalue weighted by Gasteiger charge is -2.34. The highest BCUT2D eigenvalue weighted by Gasteiger charge is 2.39. The van der Waals surface area contributed by atoms with E-state index in [4.69, 9.17) is 0 Å². The van der Waals surface area contributed by atoms with Crippen molar-refractivity contribution in [3.05, 3.63) is 65.4 Å². The molecule has 0 radical (unpaired) electrons. The molecule has 1 unspecified atom stereocenters. The van der Waals surface area contributed by atoms with E-state index in [1.54, 1.807) is 23.1 Å². The van der Waals surface area contributed by atoms with Gasteiger partial charge in [-0.25, -0.2) is 9.97 Å². The van der Waals surface area contributed by atoms with Crippen LogP contribution in [0.15, 0.2) is 48.5 Å². The number of hydrogen-bond acceptors (Lipinski definition) is 4. The smallest absolute Gasteiger partial charge is 0.355 e. The molecule has 172 valence electrons. The summed E-state index contributed by atoms with van der Waals surface area (Å²) in [5.74, 6) is -0.392. The van der Waals surface area contributed by atoms with Crippen LogP contribution in [-0.4, -0.2) is 29.0 Å². The molecule has 1 saturated heterocycles. The van der Waals surface area contributed by atoms with Gasteiger partial charge in [-0.1, -0.05) is 36.4 Å². The van der Waals surface area contributed by atoms with Gasteiger partial charge in [0.25, 0.3) is 0 Å². The van der Waals surface area contributed by atoms with Crippen molar-refractivity contribution in [1.29, 1.82) is 0 Å². The number of amides is 1. The number of alkyl halides is 3. The molecule has 0 spiro atoms. The zero-order chi connectivity index (χ0) is 23.0. The maximum Gasteiger partial charge on any atom is 0.437 e. The Hall–Kier alpha value is -3.16. The molecule has 3 aromatic rings. The second-order valence-electron chi connectivity index (χ2n) is 8.80. The molecule has 2 aromatic carbocycles. The van der Waals surface area contributed by atoms with Gasteiger partial charge in [0.05, 0.1) is 17.1 Å². The number of halogens is 3. The number of aryl methyl sites for hydroxylation is 1. The summed E-state index contributed by atoms with van der Waals surface area (Å²) in [6.45, 7) is 0.658. The molecule has 5 rings (SSSR count). The highest BCUT2D eigenvalue weighted by molar-refractivity contribution is 5.80. The van der Waals surface area contributed by atoms with Crippen LogP contribution in [0.5, 0.6) is 0 Å². The number of rotatable bonds is 3. The fourth-order valence-electron chi connectivity index (χ4n) is 4.95. The Morgan fingerprint density at radius 1 is 0.939 bits per heavy atom. The first-order chi connectivity index (χ1) is 15.9. The minimum Gasteiger partial charge on any atom is -0.355 e. The summed E-state index contributed by atoms with van der Waals surface area (Å²) in [5, 5.41) is 3.19. The normalized spacial score (nSPS) is 19.4. The number of piperidine rings is 1. The van der Waals surface area contributed by atoms with Crippen molar-refractivity contribution in [2.24, 2.45) is 5.92 Å². The number of para-hydroxylation sites is 2. The van der Waals surface area contributed by atoms with Crippen LogP contribution < -0.4 is 10.2 Å². The van der Waals surface area contributed by atoms with E-state index in [0.29, 0.717) is 31.4 Å². The van der Waals surface area contributed by atoms with Crippen LogP contribution in [0, 0.1) is 5.92 Å². The SMILES string of the molecule is O=C(NC1CCCc2ccccc21)C1CCN(c2nc3ccccc3nc2C(F)(F)F)CC1. The molecule has 1 N–H and O–H groups in total. The van der Waals surface area contributed by atoms with Gasteiger partial charge in [-0.2, -0.15) is 13.2 Å². The van der Waals surface area contributed by atoms with Crippen LogP contribution in [0.4, 0.5) is 19.0 Å². The Kier molecular flexibility index (Phi) is 5.68. The van der Waals surface area contributed by atoms with Crippen molar-refractivity contribution >= 4 is 22.8 Å². The third-order valence-corrected chi connectivity index (χ3v) is 6.67. The lowest BCUT2D eigenvalue weighted by Crippen LogP contribution is -2.43. The van der Waals surface area contributed by atoms with Crippen molar-refractivity contribution in [3.8, 4) is 0 Å². The van der Waals surface area contributed by atoms with E-state index < -0.39 is 11.9 Å². The number of nitrogens with zero attached hydrogens (tertiary/aromatic N) is 3. The van der Waals surface area contributed by atoms with Crippen LogP contribution in [0.1, 0.15) is 48.5 Å². The van der Waals surface area contributed by atoms with Crippen molar-refractivity contribution in [2.75, 3.05) is 18.0 Å². The first-order valence-electron chi connectivity index (χ1n) is 11.4. The molecule has 1 fully saturated rings. The largest absolute Gasteiger partial charge is 0.437 e. The standard InChI is InChI=1S/C25H25F3N4O/c26-25(27,28)22-23(30-21-10-4-3-9-20(21)29-22)32-14-12-17(13-15-32)24(33)31-19-11-5-7-16-6-1-2-8-18(16)19/h1-4,6,8-10,17,19H,5,7,11-15H2,(H,31,33). The molecule has 8 heteroatoms. The number of aromatic nitrogens is 2. The maximum atomic E-state index is 13.7. The summed E-state index contributed by atoms with van der Waals surface area (Å²) >= 11 is 0. The Bertz CT molecular complexity index is 1170. The molecule has 1 aromatic heterocycles. The molecule has 1 amide bonds. The van der Waals surface area contributed by atoms with Gasteiger partial charge in [0.15, 0.2) is 11.5 Å². The van der Waals surface area contributed by atoms with E-state index in [2.05, 4.69) is 27.4 Å². The van der Waals surface area contributed by atoms with Crippen molar-refractivity contribution < 1.29 is 18.0 Å². The van der Waals surface area contributed by atoms with Crippen molar-refractivity contribution in [3.63, 3.8) is 0 Å². The third-order valence-electron chi connectivity index (χ3n) is 6.67. The number of hydrogen-bond donors (Lipinski definition) is 1. The minimum absolute atomic E-state index is 0.00339. The van der Waals surface area contributed by atoms with E-state index in [-0.39, 0.29) is 29.2 Å². The van der Waals surface area contributed by atoms with Gasteiger partial charge >= 0.3 is 6.18 Å². The number of carbonyl (C=O) groups excluding carboxylic acids is 1. The summed E-state index contributed by atoms with van der Waals surface area (Å²) in [4.78, 5) is 22.8. The van der Waals surface area contributed by atoms with Gasteiger partial charge in [-0.05, 0) is 55.4 Å². The fourth-order valence-corrected chi connectivity index (χ4v) is 4.95. The predicted octanol–water partition coefficient (Wildman–Crippen LogP) is 5.06. The molecule has 2 aliphatic rings. The van der Waals surface area contributed by atoms with E-state index in [9.17, 15) is 18.0 Å². The van der Waals surface area contributed by atoms with Crippen LogP contribution in [0.25, 0.3) is 11.0 Å². The van der Waals surface area contributed by atoms with Crippen molar-refractivity contribution in [1.82, 2.24) is 15.3 Å². The second-order valence-corrected chi connectivity index (χ2v) is 8.80. The number of anilines is 1. The van der Waals surface area contributed by atoms with Gasteiger partial charge in [-0.15, -0.1) is 0 Å². The van der Waals surface area contributed by atoms with Gasteiger partial charge in [0, 0.05) is 19.0 Å². The second kappa shape index (κ2) is 8.65. The molecular formula is C25H25F3N4O. The Morgan fingerprint density at radius 3 is 2.33 bits per heavy atom.